The molecule has 44 heavy (non-hydrogen) atoms. The number of nitrogens with zero attached hydrogens (tertiary/aromatic N) is 1. The molecule has 2 heteroatoms. The Balaban J connectivity index is 1.38. The minimum Gasteiger partial charge on any atom is -0.309 e. The zero-order valence-electron chi connectivity index (χ0n) is 24.1. The molecule has 8 aromatic rings. The molecule has 1 aromatic heterocycles. The first-order chi connectivity index (χ1) is 21.8. The summed E-state index contributed by atoms with van der Waals surface area (Å²) in [6.45, 7) is 0. The Morgan fingerprint density at radius 2 is 0.841 bits per heavy atom. The lowest BCUT2D eigenvalue weighted by molar-refractivity contribution is 1.30. The van der Waals surface area contributed by atoms with Crippen LogP contribution in [0.15, 0.2) is 176 Å². The van der Waals surface area contributed by atoms with Crippen LogP contribution in [0.5, 0.6) is 0 Å². The smallest absolute Gasteiger partial charge is 0.0640 e. The average molecular weight is 580 g/mol. The van der Waals surface area contributed by atoms with E-state index in [1.54, 1.807) is 0 Å². The van der Waals surface area contributed by atoms with Crippen LogP contribution < -0.4 is 4.90 Å². The highest BCUT2D eigenvalue weighted by Crippen LogP contribution is 2.46. The second kappa shape index (κ2) is 11.3. The van der Waals surface area contributed by atoms with E-state index in [2.05, 4.69) is 181 Å². The fourth-order valence-electron chi connectivity index (χ4n) is 6.10. The molecule has 1 nitrogen and oxygen atoms in total. The normalized spacial score (nSPS) is 11.2. The Bertz CT molecular complexity index is 2140. The largest absolute Gasteiger partial charge is 0.309 e. The maximum atomic E-state index is 2.44. The van der Waals surface area contributed by atoms with Crippen LogP contribution in [-0.4, -0.2) is 0 Å². The molecule has 0 spiro atoms. The molecule has 0 atom stereocenters. The predicted octanol–water partition coefficient (Wildman–Crippen LogP) is 12.5. The van der Waals surface area contributed by atoms with Gasteiger partial charge in [-0.05, 0) is 75.8 Å². The molecule has 7 aromatic carbocycles. The van der Waals surface area contributed by atoms with Gasteiger partial charge >= 0.3 is 0 Å². The molecular formula is C42H29NS. The lowest BCUT2D eigenvalue weighted by Gasteiger charge is -2.27. The summed E-state index contributed by atoms with van der Waals surface area (Å²) in [6, 6.07) is 63.4. The van der Waals surface area contributed by atoms with Crippen LogP contribution in [0, 0.1) is 0 Å². The van der Waals surface area contributed by atoms with Crippen LogP contribution in [0.4, 0.5) is 17.1 Å². The standard InChI is InChI=1S/C42H29NS/c1-4-13-30(14-5-1)33-23-25-36(26-24-33)43(40-21-12-20-39-38-19-10-11-22-41(38)44-42(39)40)37-28-34(31-15-6-2-7-16-31)27-35(29-37)32-17-8-3-9-18-32/h1-29H. The van der Waals surface area contributed by atoms with Crippen LogP contribution >= 0.6 is 11.3 Å². The van der Waals surface area contributed by atoms with E-state index in [-0.39, 0.29) is 0 Å². The third-order valence-corrected chi connectivity index (χ3v) is 9.46. The molecule has 208 valence electrons. The molecule has 0 saturated heterocycles. The Labute approximate surface area is 261 Å². The van der Waals surface area contributed by atoms with Crippen molar-refractivity contribution in [3.63, 3.8) is 0 Å². The number of benzene rings is 7. The summed E-state index contributed by atoms with van der Waals surface area (Å²) in [5.74, 6) is 0. The van der Waals surface area contributed by atoms with E-state index in [1.165, 1.54) is 59.2 Å². The average Bonchev–Trinajstić information content (AvgIpc) is 3.49. The molecule has 0 radical (unpaired) electrons. The lowest BCUT2D eigenvalue weighted by atomic mass is 9.97. The number of hydrogen-bond donors (Lipinski definition) is 0. The van der Waals surface area contributed by atoms with Crippen LogP contribution in [0.1, 0.15) is 0 Å². The van der Waals surface area contributed by atoms with E-state index < -0.39 is 0 Å². The van der Waals surface area contributed by atoms with Gasteiger partial charge in [0.1, 0.15) is 0 Å². The maximum absolute atomic E-state index is 2.44. The van der Waals surface area contributed by atoms with E-state index in [9.17, 15) is 0 Å². The molecule has 0 amide bonds. The van der Waals surface area contributed by atoms with Crippen LogP contribution in [0.2, 0.25) is 0 Å². The molecular weight excluding hydrogens is 551 g/mol. The van der Waals surface area contributed by atoms with Crippen molar-refractivity contribution in [2.45, 2.75) is 0 Å². The molecule has 0 N–H and O–H groups in total. The second-order valence-corrected chi connectivity index (χ2v) is 12.1. The quantitative estimate of drug-likeness (QED) is 0.189. The molecule has 0 aliphatic heterocycles. The third kappa shape index (κ3) is 4.86. The molecule has 0 fully saturated rings. The van der Waals surface area contributed by atoms with Gasteiger partial charge in [0.05, 0.1) is 10.4 Å². The van der Waals surface area contributed by atoms with Gasteiger partial charge in [0.2, 0.25) is 0 Å². The van der Waals surface area contributed by atoms with Crippen molar-refractivity contribution in [2.75, 3.05) is 4.90 Å². The van der Waals surface area contributed by atoms with Gasteiger partial charge in [-0.2, -0.15) is 0 Å². The van der Waals surface area contributed by atoms with Gasteiger partial charge in [-0.25, -0.2) is 0 Å². The highest BCUT2D eigenvalue weighted by molar-refractivity contribution is 7.26. The van der Waals surface area contributed by atoms with E-state index in [0.29, 0.717) is 0 Å². The van der Waals surface area contributed by atoms with Crippen LogP contribution in [0.25, 0.3) is 53.6 Å². The van der Waals surface area contributed by atoms with Gasteiger partial charge in [-0.15, -0.1) is 11.3 Å². The number of rotatable bonds is 6. The lowest BCUT2D eigenvalue weighted by Crippen LogP contribution is -2.10. The molecule has 0 aliphatic carbocycles. The van der Waals surface area contributed by atoms with Crippen molar-refractivity contribution in [3.05, 3.63) is 176 Å². The third-order valence-electron chi connectivity index (χ3n) is 8.25. The highest BCUT2D eigenvalue weighted by Gasteiger charge is 2.20. The van der Waals surface area contributed by atoms with Gasteiger partial charge in [0.15, 0.2) is 0 Å². The first-order valence-corrected chi connectivity index (χ1v) is 15.8. The van der Waals surface area contributed by atoms with E-state index in [4.69, 9.17) is 0 Å². The van der Waals surface area contributed by atoms with Crippen molar-refractivity contribution in [3.8, 4) is 33.4 Å². The maximum Gasteiger partial charge on any atom is 0.0640 e. The van der Waals surface area contributed by atoms with Crippen molar-refractivity contribution in [1.82, 2.24) is 0 Å². The summed E-state index contributed by atoms with van der Waals surface area (Å²) in [6.07, 6.45) is 0. The van der Waals surface area contributed by atoms with Crippen molar-refractivity contribution >= 4 is 48.6 Å². The van der Waals surface area contributed by atoms with Gasteiger partial charge in [-0.3, -0.25) is 0 Å². The van der Waals surface area contributed by atoms with Gasteiger partial charge in [-0.1, -0.05) is 133 Å². The molecule has 0 saturated carbocycles. The zero-order valence-corrected chi connectivity index (χ0v) is 24.9. The summed E-state index contributed by atoms with van der Waals surface area (Å²) >= 11 is 1.87. The fraction of sp³-hybridized carbons (Fsp3) is 0. The summed E-state index contributed by atoms with van der Waals surface area (Å²) < 4.78 is 2.59. The second-order valence-electron chi connectivity index (χ2n) is 11.0. The first kappa shape index (κ1) is 26.2. The zero-order chi connectivity index (χ0) is 29.3. The Morgan fingerprint density at radius 1 is 0.341 bits per heavy atom. The van der Waals surface area contributed by atoms with Gasteiger partial charge in [0, 0.05) is 26.8 Å². The SMILES string of the molecule is c1ccc(-c2ccc(N(c3cc(-c4ccccc4)cc(-c4ccccc4)c3)c3cccc4c3sc3ccccc34)cc2)cc1. The number of hydrogen-bond acceptors (Lipinski definition) is 2. The molecule has 0 bridgehead atoms. The molecule has 0 aliphatic rings. The highest BCUT2D eigenvalue weighted by atomic mass is 32.1. The Morgan fingerprint density at radius 3 is 1.45 bits per heavy atom. The summed E-state index contributed by atoms with van der Waals surface area (Å²) in [7, 11) is 0. The molecule has 0 unspecified atom stereocenters. The number of thiophene rings is 1. The predicted molar refractivity (Wildman–Crippen MR) is 190 cm³/mol. The van der Waals surface area contributed by atoms with E-state index in [0.717, 1.165) is 11.4 Å². The van der Waals surface area contributed by atoms with Crippen molar-refractivity contribution in [2.24, 2.45) is 0 Å². The summed E-state index contributed by atoms with van der Waals surface area (Å²) in [4.78, 5) is 2.44. The fourth-order valence-corrected chi connectivity index (χ4v) is 7.31. The molecule has 8 rings (SSSR count). The summed E-state index contributed by atoms with van der Waals surface area (Å²) in [5.41, 5.74) is 10.6. The van der Waals surface area contributed by atoms with Gasteiger partial charge in [0.25, 0.3) is 0 Å². The Hall–Kier alpha value is -5.44. The topological polar surface area (TPSA) is 3.24 Å². The van der Waals surface area contributed by atoms with Crippen LogP contribution in [-0.2, 0) is 0 Å². The van der Waals surface area contributed by atoms with Crippen molar-refractivity contribution in [1.29, 1.82) is 0 Å². The molecule has 1 heterocycles. The minimum atomic E-state index is 1.12. The first-order valence-electron chi connectivity index (χ1n) is 14.9. The summed E-state index contributed by atoms with van der Waals surface area (Å²) in [5, 5.41) is 2.59. The van der Waals surface area contributed by atoms with Crippen LogP contribution in [0.3, 0.4) is 0 Å². The van der Waals surface area contributed by atoms with E-state index >= 15 is 0 Å². The van der Waals surface area contributed by atoms with Crippen molar-refractivity contribution < 1.29 is 0 Å². The van der Waals surface area contributed by atoms with Gasteiger partial charge < -0.3 is 4.90 Å². The monoisotopic (exact) mass is 579 g/mol. The number of anilines is 3. The Kier molecular flexibility index (Phi) is 6.75. The number of fused-ring (bicyclic) bond motifs is 3. The van der Waals surface area contributed by atoms with E-state index in [1.807, 2.05) is 11.3 Å². The minimum absolute atomic E-state index is 1.12.